The van der Waals surface area contributed by atoms with Gasteiger partial charge in [-0.2, -0.15) is 0 Å². The Balaban J connectivity index is 2.07. The van der Waals surface area contributed by atoms with Crippen molar-refractivity contribution in [2.45, 2.75) is 0 Å². The molecule has 1 heterocycles. The highest BCUT2D eigenvalue weighted by atomic mass is 16.5. The minimum absolute atomic E-state index is 0.188. The first-order valence-electron chi connectivity index (χ1n) is 6.50. The number of fused-ring (bicyclic) bond motifs is 1. The third-order valence-corrected chi connectivity index (χ3v) is 3.29. The number of aromatic nitrogens is 2. The van der Waals surface area contributed by atoms with Crippen LogP contribution >= 0.6 is 0 Å². The zero-order chi connectivity index (χ0) is 15.7. The average molecular weight is 296 g/mol. The highest BCUT2D eigenvalue weighted by Gasteiger charge is 2.11. The van der Waals surface area contributed by atoms with Gasteiger partial charge in [-0.3, -0.25) is 0 Å². The molecular formula is C16H12N2O4. The Hall–Kier alpha value is -3.15. The number of hydrogen-bond donors (Lipinski definition) is 2. The van der Waals surface area contributed by atoms with Gasteiger partial charge >= 0.3 is 11.9 Å². The molecule has 3 rings (SSSR count). The Kier molecular flexibility index (Phi) is 3.34. The summed E-state index contributed by atoms with van der Waals surface area (Å²) in [5.41, 5.74) is 2.63. The van der Waals surface area contributed by atoms with Gasteiger partial charge in [-0.15, -0.1) is 0 Å². The molecule has 0 unspecified atom stereocenters. The number of carbonyl (C=O) groups excluding carboxylic acids is 1. The molecule has 0 radical (unpaired) electrons. The fourth-order valence-electron chi connectivity index (χ4n) is 2.19. The van der Waals surface area contributed by atoms with Gasteiger partial charge in [0.2, 0.25) is 0 Å². The fourth-order valence-corrected chi connectivity index (χ4v) is 2.19. The standard InChI is InChI=1S/C16H12N2O4/c1-22-16(21)11-5-6-12-13(8-11)18-14(17-12)9-3-2-4-10(7-9)15(19)20/h2-8H,1H3,(H,17,18)(H,19,20). The van der Waals surface area contributed by atoms with Gasteiger partial charge in [0.25, 0.3) is 0 Å². The molecule has 0 amide bonds. The summed E-state index contributed by atoms with van der Waals surface area (Å²) in [7, 11) is 1.32. The fraction of sp³-hybridized carbons (Fsp3) is 0.0625. The number of carboxylic acid groups (broad SMARTS) is 1. The number of aromatic amines is 1. The summed E-state index contributed by atoms with van der Waals surface area (Å²) in [5, 5.41) is 9.04. The molecule has 0 aliphatic carbocycles. The lowest BCUT2D eigenvalue weighted by Crippen LogP contribution is -2.00. The van der Waals surface area contributed by atoms with E-state index < -0.39 is 11.9 Å². The van der Waals surface area contributed by atoms with E-state index in [9.17, 15) is 9.59 Å². The van der Waals surface area contributed by atoms with Crippen molar-refractivity contribution in [2.75, 3.05) is 7.11 Å². The third kappa shape index (κ3) is 2.42. The number of hydrogen-bond acceptors (Lipinski definition) is 4. The Labute approximate surface area is 125 Å². The number of nitrogens with zero attached hydrogens (tertiary/aromatic N) is 1. The number of esters is 1. The molecule has 6 nitrogen and oxygen atoms in total. The van der Waals surface area contributed by atoms with Gasteiger partial charge in [0.1, 0.15) is 5.82 Å². The molecule has 0 atom stereocenters. The number of carbonyl (C=O) groups is 2. The van der Waals surface area contributed by atoms with Crippen molar-refractivity contribution in [1.29, 1.82) is 0 Å². The van der Waals surface area contributed by atoms with Gasteiger partial charge in [0.15, 0.2) is 0 Å². The summed E-state index contributed by atoms with van der Waals surface area (Å²) in [4.78, 5) is 30.1. The molecule has 2 aromatic carbocycles. The Bertz CT molecular complexity index is 883. The van der Waals surface area contributed by atoms with Gasteiger partial charge in [-0.25, -0.2) is 14.6 Å². The number of rotatable bonds is 3. The lowest BCUT2D eigenvalue weighted by atomic mass is 10.1. The van der Waals surface area contributed by atoms with E-state index in [4.69, 9.17) is 5.11 Å². The maximum atomic E-state index is 11.5. The minimum atomic E-state index is -0.995. The highest BCUT2D eigenvalue weighted by molar-refractivity contribution is 5.94. The molecule has 0 spiro atoms. The van der Waals surface area contributed by atoms with E-state index in [-0.39, 0.29) is 5.56 Å². The summed E-state index contributed by atoms with van der Waals surface area (Å²) in [6, 6.07) is 11.5. The Morgan fingerprint density at radius 1 is 1.14 bits per heavy atom. The van der Waals surface area contributed by atoms with Crippen molar-refractivity contribution in [1.82, 2.24) is 9.97 Å². The quantitative estimate of drug-likeness (QED) is 0.725. The van der Waals surface area contributed by atoms with Crippen LogP contribution in [0.25, 0.3) is 22.4 Å². The largest absolute Gasteiger partial charge is 0.478 e. The first-order valence-corrected chi connectivity index (χ1v) is 6.50. The lowest BCUT2D eigenvalue weighted by Gasteiger charge is -1.98. The van der Waals surface area contributed by atoms with E-state index in [1.165, 1.54) is 13.2 Å². The first-order chi connectivity index (χ1) is 10.6. The zero-order valence-electron chi connectivity index (χ0n) is 11.7. The van der Waals surface area contributed by atoms with Crippen LogP contribution in [0.1, 0.15) is 20.7 Å². The average Bonchev–Trinajstić information content (AvgIpc) is 2.97. The number of ether oxygens (including phenoxy) is 1. The molecule has 2 N–H and O–H groups in total. The van der Waals surface area contributed by atoms with Crippen LogP contribution in [0.4, 0.5) is 0 Å². The van der Waals surface area contributed by atoms with Crippen LogP contribution in [0.2, 0.25) is 0 Å². The maximum Gasteiger partial charge on any atom is 0.337 e. The smallest absolute Gasteiger partial charge is 0.337 e. The van der Waals surface area contributed by atoms with Gasteiger partial charge in [0, 0.05) is 5.56 Å². The molecule has 0 saturated carbocycles. The topological polar surface area (TPSA) is 92.3 Å². The second-order valence-electron chi connectivity index (χ2n) is 4.69. The van der Waals surface area contributed by atoms with Crippen LogP contribution in [-0.4, -0.2) is 34.1 Å². The van der Waals surface area contributed by atoms with Crippen molar-refractivity contribution in [3.63, 3.8) is 0 Å². The SMILES string of the molecule is COC(=O)c1ccc2nc(-c3cccc(C(=O)O)c3)[nH]c2c1. The second-order valence-corrected chi connectivity index (χ2v) is 4.69. The molecule has 6 heteroatoms. The molecule has 22 heavy (non-hydrogen) atoms. The van der Waals surface area contributed by atoms with Crippen LogP contribution in [-0.2, 0) is 4.74 Å². The number of methoxy groups -OCH3 is 1. The minimum Gasteiger partial charge on any atom is -0.478 e. The summed E-state index contributed by atoms with van der Waals surface area (Å²) in [5.74, 6) is -0.878. The Morgan fingerprint density at radius 3 is 2.68 bits per heavy atom. The maximum absolute atomic E-state index is 11.5. The monoisotopic (exact) mass is 296 g/mol. The summed E-state index contributed by atoms with van der Waals surface area (Å²) in [6.45, 7) is 0. The van der Waals surface area contributed by atoms with Crippen LogP contribution in [0, 0.1) is 0 Å². The lowest BCUT2D eigenvalue weighted by molar-refractivity contribution is 0.0600. The summed E-state index contributed by atoms with van der Waals surface area (Å²) < 4.78 is 4.68. The molecule has 0 aliphatic rings. The van der Waals surface area contributed by atoms with Gasteiger partial charge in [0.05, 0.1) is 29.3 Å². The van der Waals surface area contributed by atoms with Crippen molar-refractivity contribution < 1.29 is 19.4 Å². The van der Waals surface area contributed by atoms with Crippen LogP contribution in [0.5, 0.6) is 0 Å². The van der Waals surface area contributed by atoms with E-state index in [1.54, 1.807) is 36.4 Å². The van der Waals surface area contributed by atoms with E-state index in [1.807, 2.05) is 0 Å². The molecule has 0 aliphatic heterocycles. The molecule has 0 saturated heterocycles. The molecule has 110 valence electrons. The summed E-state index contributed by atoms with van der Waals surface area (Å²) in [6.07, 6.45) is 0. The van der Waals surface area contributed by atoms with Crippen LogP contribution in [0.15, 0.2) is 42.5 Å². The normalized spacial score (nSPS) is 10.6. The summed E-state index contributed by atoms with van der Waals surface area (Å²) >= 11 is 0. The van der Waals surface area contributed by atoms with Crippen molar-refractivity contribution >= 4 is 23.0 Å². The molecule has 3 aromatic rings. The Morgan fingerprint density at radius 2 is 1.95 bits per heavy atom. The van der Waals surface area contributed by atoms with Crippen molar-refractivity contribution in [2.24, 2.45) is 0 Å². The predicted molar refractivity (Wildman–Crippen MR) is 79.8 cm³/mol. The van der Waals surface area contributed by atoms with Gasteiger partial charge in [-0.1, -0.05) is 12.1 Å². The number of nitrogens with one attached hydrogen (secondary N) is 1. The number of aromatic carboxylic acids is 1. The highest BCUT2D eigenvalue weighted by Crippen LogP contribution is 2.22. The first kappa shape index (κ1) is 13.8. The van der Waals surface area contributed by atoms with Gasteiger partial charge < -0.3 is 14.8 Å². The zero-order valence-corrected chi connectivity index (χ0v) is 11.7. The number of H-pyrrole nitrogens is 1. The number of benzene rings is 2. The third-order valence-electron chi connectivity index (χ3n) is 3.29. The van der Waals surface area contributed by atoms with E-state index in [0.717, 1.165) is 0 Å². The second kappa shape index (κ2) is 5.33. The van der Waals surface area contributed by atoms with E-state index >= 15 is 0 Å². The van der Waals surface area contributed by atoms with Crippen molar-refractivity contribution in [3.05, 3.63) is 53.6 Å². The molecular weight excluding hydrogens is 284 g/mol. The van der Waals surface area contributed by atoms with Crippen LogP contribution in [0.3, 0.4) is 0 Å². The molecule has 1 aromatic heterocycles. The molecule has 0 fully saturated rings. The predicted octanol–water partition coefficient (Wildman–Crippen LogP) is 2.71. The molecule has 0 bridgehead atoms. The van der Waals surface area contributed by atoms with E-state index in [2.05, 4.69) is 14.7 Å². The van der Waals surface area contributed by atoms with Crippen molar-refractivity contribution in [3.8, 4) is 11.4 Å². The van der Waals surface area contributed by atoms with Crippen LogP contribution < -0.4 is 0 Å². The number of carboxylic acids is 1. The number of imidazole rings is 1. The van der Waals surface area contributed by atoms with Gasteiger partial charge in [-0.05, 0) is 30.3 Å². The van der Waals surface area contributed by atoms with E-state index in [0.29, 0.717) is 28.0 Å².